The SMILES string of the molecule is CCN1/C(=C\C=C(\C(=O)O)S(=O)(=O)c2ccccc2)OCC1(C)C. The lowest BCUT2D eigenvalue weighted by atomic mass is 10.1. The van der Waals surface area contributed by atoms with E-state index in [-0.39, 0.29) is 10.4 Å². The second kappa shape index (κ2) is 6.68. The number of hydrogen-bond acceptors (Lipinski definition) is 5. The molecule has 0 aromatic heterocycles. The fourth-order valence-electron chi connectivity index (χ4n) is 2.58. The van der Waals surface area contributed by atoms with Gasteiger partial charge in [0, 0.05) is 6.54 Å². The highest BCUT2D eigenvalue weighted by Gasteiger charge is 2.35. The van der Waals surface area contributed by atoms with Gasteiger partial charge in [0.05, 0.1) is 10.4 Å². The average molecular weight is 351 g/mol. The third kappa shape index (κ3) is 3.46. The molecule has 0 atom stereocenters. The molecule has 0 amide bonds. The van der Waals surface area contributed by atoms with Gasteiger partial charge < -0.3 is 14.7 Å². The number of carboxylic acids is 1. The molecule has 1 fully saturated rings. The van der Waals surface area contributed by atoms with Crippen molar-refractivity contribution in [2.45, 2.75) is 31.2 Å². The first-order chi connectivity index (χ1) is 11.2. The van der Waals surface area contributed by atoms with Gasteiger partial charge in [-0.1, -0.05) is 18.2 Å². The first-order valence-corrected chi connectivity index (χ1v) is 9.04. The van der Waals surface area contributed by atoms with Crippen molar-refractivity contribution < 1.29 is 23.1 Å². The summed E-state index contributed by atoms with van der Waals surface area (Å²) in [6.07, 6.45) is 2.49. The maximum atomic E-state index is 12.5. The van der Waals surface area contributed by atoms with Gasteiger partial charge in [-0.05, 0) is 45.1 Å². The molecule has 1 aromatic rings. The van der Waals surface area contributed by atoms with Crippen LogP contribution in [0.25, 0.3) is 0 Å². The molecular weight excluding hydrogens is 330 g/mol. The molecule has 24 heavy (non-hydrogen) atoms. The Bertz CT molecular complexity index is 778. The number of ether oxygens (including phenoxy) is 1. The molecule has 7 heteroatoms. The quantitative estimate of drug-likeness (QED) is 0.820. The standard InChI is InChI=1S/C17H21NO5S/c1-4-18-15(23-12-17(18,2)3)11-10-14(16(19)20)24(21,22)13-8-6-5-7-9-13/h5-11H,4,12H2,1-3H3,(H,19,20)/b14-10-,15-11+. The van der Waals surface area contributed by atoms with Crippen molar-refractivity contribution in [3.05, 3.63) is 53.3 Å². The Balaban J connectivity index is 2.44. The molecule has 1 N–H and O–H groups in total. The summed E-state index contributed by atoms with van der Waals surface area (Å²) in [5, 5.41) is 9.34. The minimum atomic E-state index is -4.10. The van der Waals surface area contributed by atoms with E-state index < -0.39 is 20.7 Å². The van der Waals surface area contributed by atoms with Gasteiger partial charge in [0.2, 0.25) is 9.84 Å². The zero-order valence-electron chi connectivity index (χ0n) is 13.9. The minimum Gasteiger partial charge on any atom is -0.477 e. The molecule has 0 spiro atoms. The first kappa shape index (κ1) is 18.1. The van der Waals surface area contributed by atoms with Crippen LogP contribution >= 0.6 is 0 Å². The molecule has 130 valence electrons. The van der Waals surface area contributed by atoms with Crippen LogP contribution < -0.4 is 0 Å². The number of benzene rings is 1. The molecule has 1 aliphatic heterocycles. The third-order valence-corrected chi connectivity index (χ3v) is 5.60. The van der Waals surface area contributed by atoms with Crippen LogP contribution in [0.15, 0.2) is 58.2 Å². The number of hydrogen-bond donors (Lipinski definition) is 1. The number of sulfone groups is 1. The topological polar surface area (TPSA) is 83.9 Å². The highest BCUT2D eigenvalue weighted by Crippen LogP contribution is 2.29. The minimum absolute atomic E-state index is 0.0583. The van der Waals surface area contributed by atoms with Crippen molar-refractivity contribution in [3.8, 4) is 0 Å². The van der Waals surface area contributed by atoms with Crippen LogP contribution in [0, 0.1) is 0 Å². The summed E-state index contributed by atoms with van der Waals surface area (Å²) in [5.74, 6) is -1.04. The molecule has 0 aliphatic carbocycles. The molecule has 1 heterocycles. The third-order valence-electron chi connectivity index (χ3n) is 3.82. The molecule has 0 bridgehead atoms. The predicted molar refractivity (Wildman–Crippen MR) is 89.8 cm³/mol. The maximum Gasteiger partial charge on any atom is 0.347 e. The van der Waals surface area contributed by atoms with E-state index in [0.717, 1.165) is 6.08 Å². The summed E-state index contributed by atoms with van der Waals surface area (Å²) in [4.78, 5) is 12.7. The van der Waals surface area contributed by atoms with E-state index in [1.807, 2.05) is 25.7 Å². The van der Waals surface area contributed by atoms with Gasteiger partial charge in [0.1, 0.15) is 6.61 Å². The van der Waals surface area contributed by atoms with Crippen molar-refractivity contribution in [1.29, 1.82) is 0 Å². The second-order valence-electron chi connectivity index (χ2n) is 6.00. The Morgan fingerprint density at radius 2 is 1.96 bits per heavy atom. The van der Waals surface area contributed by atoms with E-state index in [2.05, 4.69) is 0 Å². The number of carboxylic acid groups (broad SMARTS) is 1. The fraction of sp³-hybridized carbons (Fsp3) is 0.353. The van der Waals surface area contributed by atoms with Crippen LogP contribution in [-0.2, 0) is 19.4 Å². The Morgan fingerprint density at radius 3 is 2.50 bits per heavy atom. The lowest BCUT2D eigenvalue weighted by molar-refractivity contribution is -0.131. The molecule has 0 unspecified atom stereocenters. The molecule has 1 aromatic carbocycles. The molecule has 6 nitrogen and oxygen atoms in total. The molecular formula is C17H21NO5S. The second-order valence-corrected chi connectivity index (χ2v) is 7.92. The first-order valence-electron chi connectivity index (χ1n) is 7.56. The molecule has 1 saturated heterocycles. The van der Waals surface area contributed by atoms with Gasteiger partial charge in [-0.25, -0.2) is 13.2 Å². The van der Waals surface area contributed by atoms with E-state index in [1.165, 1.54) is 18.2 Å². The van der Waals surface area contributed by atoms with Crippen LogP contribution in [0.5, 0.6) is 0 Å². The lowest BCUT2D eigenvalue weighted by Gasteiger charge is -2.28. The summed E-state index contributed by atoms with van der Waals surface area (Å²) in [7, 11) is -4.10. The van der Waals surface area contributed by atoms with Crippen LogP contribution in [0.3, 0.4) is 0 Å². The van der Waals surface area contributed by atoms with Gasteiger partial charge in [-0.3, -0.25) is 0 Å². The van der Waals surface area contributed by atoms with E-state index in [0.29, 0.717) is 19.0 Å². The number of nitrogens with zero attached hydrogens (tertiary/aromatic N) is 1. The Morgan fingerprint density at radius 1 is 1.33 bits per heavy atom. The van der Waals surface area contributed by atoms with Gasteiger partial charge in [0.25, 0.3) is 0 Å². The van der Waals surface area contributed by atoms with Crippen molar-refractivity contribution in [1.82, 2.24) is 4.90 Å². The zero-order chi connectivity index (χ0) is 18.0. The molecule has 1 aliphatic rings. The van der Waals surface area contributed by atoms with E-state index in [1.54, 1.807) is 18.2 Å². The Hall–Kier alpha value is -2.28. The van der Waals surface area contributed by atoms with E-state index >= 15 is 0 Å². The van der Waals surface area contributed by atoms with Crippen molar-refractivity contribution in [2.75, 3.05) is 13.2 Å². The van der Waals surface area contributed by atoms with Gasteiger partial charge in [-0.2, -0.15) is 0 Å². The normalized spacial score (nSPS) is 19.4. The summed E-state index contributed by atoms with van der Waals surface area (Å²) in [6.45, 7) is 7.07. The Kier molecular flexibility index (Phi) is 5.03. The number of rotatable bonds is 5. The highest BCUT2D eigenvalue weighted by atomic mass is 32.2. The number of allylic oxidation sites excluding steroid dienone is 2. The summed E-state index contributed by atoms with van der Waals surface area (Å²) in [5.41, 5.74) is -0.226. The fourth-order valence-corrected chi connectivity index (χ4v) is 3.82. The largest absolute Gasteiger partial charge is 0.477 e. The van der Waals surface area contributed by atoms with Crippen molar-refractivity contribution >= 4 is 15.8 Å². The van der Waals surface area contributed by atoms with Gasteiger partial charge in [0.15, 0.2) is 10.8 Å². The molecule has 0 radical (unpaired) electrons. The van der Waals surface area contributed by atoms with Crippen molar-refractivity contribution in [3.63, 3.8) is 0 Å². The molecule has 2 rings (SSSR count). The summed E-state index contributed by atoms with van der Waals surface area (Å²) in [6, 6.07) is 7.50. The number of aliphatic carboxylic acids is 1. The van der Waals surface area contributed by atoms with Gasteiger partial charge in [-0.15, -0.1) is 0 Å². The highest BCUT2D eigenvalue weighted by molar-refractivity contribution is 7.96. The summed E-state index contributed by atoms with van der Waals surface area (Å²) >= 11 is 0. The lowest BCUT2D eigenvalue weighted by Crippen LogP contribution is -2.39. The van der Waals surface area contributed by atoms with Crippen molar-refractivity contribution in [2.24, 2.45) is 0 Å². The maximum absolute atomic E-state index is 12.5. The van der Waals surface area contributed by atoms with Gasteiger partial charge >= 0.3 is 5.97 Å². The van der Waals surface area contributed by atoms with Crippen LogP contribution in [0.2, 0.25) is 0 Å². The monoisotopic (exact) mass is 351 g/mol. The predicted octanol–water partition coefficient (Wildman–Crippen LogP) is 2.40. The molecule has 0 saturated carbocycles. The summed E-state index contributed by atoms with van der Waals surface area (Å²) < 4.78 is 30.6. The smallest absolute Gasteiger partial charge is 0.347 e. The van der Waals surface area contributed by atoms with Crippen LogP contribution in [0.4, 0.5) is 0 Å². The number of carbonyl (C=O) groups is 1. The van der Waals surface area contributed by atoms with E-state index in [9.17, 15) is 18.3 Å². The van der Waals surface area contributed by atoms with Crippen LogP contribution in [-0.4, -0.2) is 43.1 Å². The average Bonchev–Trinajstić information content (AvgIpc) is 2.81. The number of likely N-dealkylation sites (N-methyl/N-ethyl adjacent to an activating group) is 1. The van der Waals surface area contributed by atoms with Crippen LogP contribution in [0.1, 0.15) is 20.8 Å². The Labute approximate surface area is 142 Å². The van der Waals surface area contributed by atoms with E-state index in [4.69, 9.17) is 4.74 Å². The zero-order valence-corrected chi connectivity index (χ0v) is 14.7.